The molecule has 1 aromatic carbocycles. The van der Waals surface area contributed by atoms with E-state index in [1.807, 2.05) is 0 Å². The Balaban J connectivity index is 2.27. The molecule has 0 saturated heterocycles. The van der Waals surface area contributed by atoms with Crippen molar-refractivity contribution >= 4 is 11.6 Å². The molecule has 0 aliphatic heterocycles. The highest BCUT2D eigenvalue weighted by atomic mass is 35.5. The highest BCUT2D eigenvalue weighted by Crippen LogP contribution is 2.24. The summed E-state index contributed by atoms with van der Waals surface area (Å²) < 4.78 is 31.0. The molecule has 0 spiro atoms. The molecule has 2 aromatic rings. The Morgan fingerprint density at radius 3 is 2.56 bits per heavy atom. The molecule has 0 amide bonds. The van der Waals surface area contributed by atoms with Crippen LogP contribution in [0.25, 0.3) is 0 Å². The lowest BCUT2D eigenvalue weighted by Crippen LogP contribution is -1.94. The molecule has 0 N–H and O–H groups in total. The normalized spacial score (nSPS) is 10.2. The summed E-state index contributed by atoms with van der Waals surface area (Å²) in [4.78, 5) is 0. The van der Waals surface area contributed by atoms with Gasteiger partial charge in [0.15, 0.2) is 16.7 Å². The van der Waals surface area contributed by atoms with Crippen molar-refractivity contribution < 1.29 is 13.5 Å². The van der Waals surface area contributed by atoms with Crippen molar-refractivity contribution in [2.24, 2.45) is 0 Å². The van der Waals surface area contributed by atoms with E-state index < -0.39 is 11.6 Å². The van der Waals surface area contributed by atoms with Crippen molar-refractivity contribution in [1.29, 1.82) is 0 Å². The molecule has 0 atom stereocenters. The lowest BCUT2D eigenvalue weighted by atomic mass is 10.3. The maximum Gasteiger partial charge on any atom is 0.239 e. The van der Waals surface area contributed by atoms with Crippen LogP contribution in [0.3, 0.4) is 0 Å². The van der Waals surface area contributed by atoms with Crippen LogP contribution in [0.15, 0.2) is 30.3 Å². The molecule has 0 radical (unpaired) electrons. The van der Waals surface area contributed by atoms with E-state index in [9.17, 15) is 8.78 Å². The third-order valence-corrected chi connectivity index (χ3v) is 1.94. The van der Waals surface area contributed by atoms with Crippen LogP contribution in [0.2, 0.25) is 5.15 Å². The Kier molecular flexibility index (Phi) is 2.96. The number of benzene rings is 1. The molecule has 0 fully saturated rings. The molecule has 3 nitrogen and oxygen atoms in total. The second-order valence-corrected chi connectivity index (χ2v) is 3.24. The predicted molar refractivity (Wildman–Crippen MR) is 53.5 cm³/mol. The Bertz CT molecular complexity index is 505. The van der Waals surface area contributed by atoms with Crippen molar-refractivity contribution in [1.82, 2.24) is 10.2 Å². The maximum absolute atomic E-state index is 13.2. The lowest BCUT2D eigenvalue weighted by molar-refractivity contribution is 0.401. The van der Waals surface area contributed by atoms with Gasteiger partial charge in [-0.15, -0.1) is 10.2 Å². The molecule has 1 heterocycles. The number of hydrogen-bond acceptors (Lipinski definition) is 3. The second-order valence-electron chi connectivity index (χ2n) is 2.85. The first-order chi connectivity index (χ1) is 7.66. The Morgan fingerprint density at radius 2 is 1.88 bits per heavy atom. The number of rotatable bonds is 2. The molecular formula is C10H5ClF2N2O. The van der Waals surface area contributed by atoms with Crippen LogP contribution >= 0.6 is 11.6 Å². The van der Waals surface area contributed by atoms with Gasteiger partial charge in [-0.25, -0.2) is 4.39 Å². The summed E-state index contributed by atoms with van der Waals surface area (Å²) in [5.74, 6) is -2.27. The minimum Gasteiger partial charge on any atom is -0.434 e. The molecule has 0 aliphatic carbocycles. The molecule has 0 unspecified atom stereocenters. The fourth-order valence-electron chi connectivity index (χ4n) is 1.03. The zero-order valence-electron chi connectivity index (χ0n) is 7.82. The highest BCUT2D eigenvalue weighted by Gasteiger charge is 2.10. The van der Waals surface area contributed by atoms with Gasteiger partial charge in [0.05, 0.1) is 0 Å². The van der Waals surface area contributed by atoms with E-state index in [4.69, 9.17) is 16.3 Å². The summed E-state index contributed by atoms with van der Waals surface area (Å²) >= 11 is 5.51. The largest absolute Gasteiger partial charge is 0.434 e. The minimum absolute atomic E-state index is 0.0360. The molecule has 16 heavy (non-hydrogen) atoms. The summed E-state index contributed by atoms with van der Waals surface area (Å²) in [7, 11) is 0. The summed E-state index contributed by atoms with van der Waals surface area (Å²) in [5.41, 5.74) is 0. The van der Waals surface area contributed by atoms with Crippen LogP contribution in [0, 0.1) is 11.6 Å². The number of nitrogens with zero attached hydrogens (tertiary/aromatic N) is 2. The van der Waals surface area contributed by atoms with Gasteiger partial charge in [-0.05, 0) is 18.2 Å². The van der Waals surface area contributed by atoms with Crippen LogP contribution in [0.1, 0.15) is 0 Å². The van der Waals surface area contributed by atoms with Gasteiger partial charge < -0.3 is 4.74 Å². The molecule has 0 aliphatic rings. The van der Waals surface area contributed by atoms with Crippen molar-refractivity contribution in [2.45, 2.75) is 0 Å². The minimum atomic E-state index is -1.07. The smallest absolute Gasteiger partial charge is 0.239 e. The van der Waals surface area contributed by atoms with E-state index >= 15 is 0 Å². The molecule has 2 rings (SSSR count). The van der Waals surface area contributed by atoms with Gasteiger partial charge in [-0.3, -0.25) is 0 Å². The van der Waals surface area contributed by atoms with Crippen LogP contribution in [0.5, 0.6) is 11.6 Å². The third kappa shape index (κ3) is 2.25. The first kappa shape index (κ1) is 10.8. The van der Waals surface area contributed by atoms with E-state index in [1.165, 1.54) is 24.3 Å². The summed E-state index contributed by atoms with van der Waals surface area (Å²) in [6.07, 6.45) is 0. The summed E-state index contributed by atoms with van der Waals surface area (Å²) in [6, 6.07) is 6.45. The van der Waals surface area contributed by atoms with E-state index in [-0.39, 0.29) is 16.8 Å². The third-order valence-electron chi connectivity index (χ3n) is 1.74. The van der Waals surface area contributed by atoms with Gasteiger partial charge in [0.1, 0.15) is 0 Å². The quantitative estimate of drug-likeness (QED) is 0.811. The molecular weight excluding hydrogens is 238 g/mol. The average molecular weight is 243 g/mol. The average Bonchev–Trinajstić information content (AvgIpc) is 2.28. The van der Waals surface area contributed by atoms with Crippen LogP contribution in [-0.4, -0.2) is 10.2 Å². The van der Waals surface area contributed by atoms with E-state index in [1.54, 1.807) is 0 Å². The fourth-order valence-corrected chi connectivity index (χ4v) is 1.13. The monoisotopic (exact) mass is 242 g/mol. The van der Waals surface area contributed by atoms with E-state index in [0.29, 0.717) is 0 Å². The zero-order chi connectivity index (χ0) is 11.5. The summed E-state index contributed by atoms with van der Waals surface area (Å²) in [6.45, 7) is 0. The first-order valence-electron chi connectivity index (χ1n) is 4.28. The molecule has 1 aromatic heterocycles. The zero-order valence-corrected chi connectivity index (χ0v) is 8.58. The Hall–Kier alpha value is -1.75. The van der Waals surface area contributed by atoms with Gasteiger partial charge in [-0.2, -0.15) is 4.39 Å². The second kappa shape index (κ2) is 4.40. The van der Waals surface area contributed by atoms with Crippen LogP contribution in [0.4, 0.5) is 8.78 Å². The Morgan fingerprint density at radius 1 is 1.06 bits per heavy atom. The lowest BCUT2D eigenvalue weighted by Gasteiger charge is -2.04. The number of aromatic nitrogens is 2. The van der Waals surface area contributed by atoms with Gasteiger partial charge in [-0.1, -0.05) is 17.7 Å². The predicted octanol–water partition coefficient (Wildman–Crippen LogP) is 3.20. The fraction of sp³-hybridized carbons (Fsp3) is 0. The maximum atomic E-state index is 13.2. The van der Waals surface area contributed by atoms with Crippen molar-refractivity contribution in [3.05, 3.63) is 47.1 Å². The molecule has 6 heteroatoms. The number of ether oxygens (including phenoxy) is 1. The van der Waals surface area contributed by atoms with E-state index in [0.717, 1.165) is 6.07 Å². The van der Waals surface area contributed by atoms with Gasteiger partial charge in [0.25, 0.3) is 0 Å². The summed E-state index contributed by atoms with van der Waals surface area (Å²) in [5, 5.41) is 7.24. The number of halogens is 3. The highest BCUT2D eigenvalue weighted by molar-refractivity contribution is 6.29. The van der Waals surface area contributed by atoms with Crippen LogP contribution < -0.4 is 4.74 Å². The molecule has 0 bridgehead atoms. The topological polar surface area (TPSA) is 35.0 Å². The molecule has 82 valence electrons. The van der Waals surface area contributed by atoms with Crippen molar-refractivity contribution in [3.8, 4) is 11.6 Å². The Labute approximate surface area is 94.6 Å². The first-order valence-corrected chi connectivity index (χ1v) is 4.66. The van der Waals surface area contributed by atoms with Gasteiger partial charge in [0.2, 0.25) is 11.7 Å². The van der Waals surface area contributed by atoms with Crippen molar-refractivity contribution in [2.75, 3.05) is 0 Å². The van der Waals surface area contributed by atoms with Gasteiger partial charge in [0, 0.05) is 6.07 Å². The van der Waals surface area contributed by atoms with Gasteiger partial charge >= 0.3 is 0 Å². The van der Waals surface area contributed by atoms with Crippen LogP contribution in [-0.2, 0) is 0 Å². The van der Waals surface area contributed by atoms with E-state index in [2.05, 4.69) is 10.2 Å². The number of hydrogen-bond donors (Lipinski definition) is 0. The van der Waals surface area contributed by atoms with Crippen molar-refractivity contribution in [3.63, 3.8) is 0 Å². The molecule has 0 saturated carbocycles. The standard InChI is InChI=1S/C10H5ClF2N2O/c11-8-4-5-9(15-14-8)16-7-3-1-2-6(12)10(7)13/h1-5H. The SMILES string of the molecule is Fc1cccc(Oc2ccc(Cl)nn2)c1F.